The highest BCUT2D eigenvalue weighted by atomic mass is 35.5. The van der Waals surface area contributed by atoms with E-state index < -0.39 is 21.1 Å². The van der Waals surface area contributed by atoms with E-state index in [1.54, 1.807) is 0 Å². The number of anilines is 1. The molecule has 0 amide bonds. The fourth-order valence-electron chi connectivity index (χ4n) is 1.91. The molecular formula is C11H14ClFN2O2S. The van der Waals surface area contributed by atoms with Gasteiger partial charge >= 0.3 is 0 Å². The fraction of sp³-hybridized carbons (Fsp3) is 0.455. The largest absolute Gasteiger partial charge is 0.315 e. The number of rotatable bonds is 3. The van der Waals surface area contributed by atoms with Crippen LogP contribution < -0.4 is 10.0 Å². The zero-order valence-electron chi connectivity index (χ0n) is 9.62. The standard InChI is InChI=1S/C11H14ClFN2O2S/c12-9-4-1-5-10(13)11(9)15-18(16,17)8-3-2-6-14-7-8/h1,4-5,8,14-15H,2-3,6-7H2. The fourth-order valence-corrected chi connectivity index (χ4v) is 3.64. The van der Waals surface area contributed by atoms with Gasteiger partial charge in [0, 0.05) is 6.54 Å². The molecule has 1 fully saturated rings. The van der Waals surface area contributed by atoms with Crippen LogP contribution in [0.1, 0.15) is 12.8 Å². The van der Waals surface area contributed by atoms with Gasteiger partial charge in [0.1, 0.15) is 11.5 Å². The summed E-state index contributed by atoms with van der Waals surface area (Å²) in [4.78, 5) is 0. The molecule has 1 aromatic rings. The third-order valence-corrected chi connectivity index (χ3v) is 4.98. The molecule has 1 heterocycles. The summed E-state index contributed by atoms with van der Waals surface area (Å²) in [7, 11) is -3.62. The zero-order chi connectivity index (χ0) is 13.2. The van der Waals surface area contributed by atoms with Crippen LogP contribution >= 0.6 is 11.6 Å². The van der Waals surface area contributed by atoms with Crippen LogP contribution in [-0.4, -0.2) is 26.8 Å². The van der Waals surface area contributed by atoms with E-state index in [0.717, 1.165) is 13.0 Å². The summed E-state index contributed by atoms with van der Waals surface area (Å²) in [6.45, 7) is 1.19. The molecule has 0 aliphatic carbocycles. The summed E-state index contributed by atoms with van der Waals surface area (Å²) < 4.78 is 39.9. The lowest BCUT2D eigenvalue weighted by atomic mass is 10.2. The van der Waals surface area contributed by atoms with Gasteiger partial charge in [-0.25, -0.2) is 12.8 Å². The van der Waals surface area contributed by atoms with E-state index in [2.05, 4.69) is 10.0 Å². The Bertz CT molecular complexity index is 510. The molecular weight excluding hydrogens is 279 g/mol. The second-order valence-electron chi connectivity index (χ2n) is 4.21. The molecule has 2 rings (SSSR count). The first kappa shape index (κ1) is 13.6. The van der Waals surface area contributed by atoms with Crippen molar-refractivity contribution in [1.82, 2.24) is 5.32 Å². The Morgan fingerprint density at radius 1 is 1.44 bits per heavy atom. The van der Waals surface area contributed by atoms with Gasteiger partial charge in [0.2, 0.25) is 10.0 Å². The highest BCUT2D eigenvalue weighted by molar-refractivity contribution is 7.93. The molecule has 0 radical (unpaired) electrons. The van der Waals surface area contributed by atoms with Gasteiger partial charge in [-0.3, -0.25) is 4.72 Å². The third-order valence-electron chi connectivity index (χ3n) is 2.90. The van der Waals surface area contributed by atoms with Gasteiger partial charge in [-0.2, -0.15) is 0 Å². The molecule has 0 bridgehead atoms. The molecule has 1 unspecified atom stereocenters. The lowest BCUT2D eigenvalue weighted by molar-refractivity contribution is 0.499. The normalized spacial score (nSPS) is 20.7. The minimum atomic E-state index is -3.62. The first-order chi connectivity index (χ1) is 8.50. The van der Waals surface area contributed by atoms with E-state index in [1.165, 1.54) is 18.2 Å². The van der Waals surface area contributed by atoms with E-state index in [1.807, 2.05) is 0 Å². The molecule has 0 saturated carbocycles. The minimum absolute atomic E-state index is 0.0577. The van der Waals surface area contributed by atoms with E-state index in [9.17, 15) is 12.8 Å². The highest BCUT2D eigenvalue weighted by Gasteiger charge is 2.28. The molecule has 1 saturated heterocycles. The second kappa shape index (κ2) is 5.42. The minimum Gasteiger partial charge on any atom is -0.315 e. The predicted molar refractivity (Wildman–Crippen MR) is 69.8 cm³/mol. The van der Waals surface area contributed by atoms with Crippen molar-refractivity contribution in [1.29, 1.82) is 0 Å². The van der Waals surface area contributed by atoms with Crippen molar-refractivity contribution in [2.75, 3.05) is 17.8 Å². The Balaban J connectivity index is 2.22. The monoisotopic (exact) mass is 292 g/mol. The van der Waals surface area contributed by atoms with Gasteiger partial charge in [0.15, 0.2) is 0 Å². The lowest BCUT2D eigenvalue weighted by Gasteiger charge is -2.23. The van der Waals surface area contributed by atoms with E-state index >= 15 is 0 Å². The molecule has 1 aliphatic heterocycles. The Morgan fingerprint density at radius 2 is 2.22 bits per heavy atom. The Hall–Kier alpha value is -0.850. The molecule has 18 heavy (non-hydrogen) atoms. The zero-order valence-corrected chi connectivity index (χ0v) is 11.2. The van der Waals surface area contributed by atoms with Crippen LogP contribution in [0.3, 0.4) is 0 Å². The van der Waals surface area contributed by atoms with E-state index in [0.29, 0.717) is 13.0 Å². The number of nitrogens with one attached hydrogen (secondary N) is 2. The maximum atomic E-state index is 13.5. The average Bonchev–Trinajstić information content (AvgIpc) is 2.35. The summed E-state index contributed by atoms with van der Waals surface area (Å²) in [5, 5.41) is 2.51. The van der Waals surface area contributed by atoms with E-state index in [4.69, 9.17) is 11.6 Å². The van der Waals surface area contributed by atoms with Crippen LogP contribution in [0.4, 0.5) is 10.1 Å². The van der Waals surface area contributed by atoms with Crippen LogP contribution in [0.25, 0.3) is 0 Å². The summed E-state index contributed by atoms with van der Waals surface area (Å²) in [6, 6.07) is 4.04. The molecule has 7 heteroatoms. The predicted octanol–water partition coefficient (Wildman–Crippen LogP) is 1.97. The molecule has 0 spiro atoms. The second-order valence-corrected chi connectivity index (χ2v) is 6.58. The summed E-state index contributed by atoms with van der Waals surface area (Å²) >= 11 is 5.79. The molecule has 1 aromatic carbocycles. The topological polar surface area (TPSA) is 58.2 Å². The molecule has 2 N–H and O–H groups in total. The quantitative estimate of drug-likeness (QED) is 0.895. The Kier molecular flexibility index (Phi) is 4.09. The van der Waals surface area contributed by atoms with Crippen molar-refractivity contribution in [3.05, 3.63) is 29.0 Å². The number of sulfonamides is 1. The average molecular weight is 293 g/mol. The smallest absolute Gasteiger partial charge is 0.237 e. The Labute approximate surface area is 111 Å². The maximum Gasteiger partial charge on any atom is 0.237 e. The number of piperidine rings is 1. The van der Waals surface area contributed by atoms with Crippen LogP contribution in [0.2, 0.25) is 5.02 Å². The molecule has 1 aliphatic rings. The molecule has 1 atom stereocenters. The van der Waals surface area contributed by atoms with Crippen molar-refractivity contribution in [2.24, 2.45) is 0 Å². The number of benzene rings is 1. The van der Waals surface area contributed by atoms with Crippen LogP contribution in [-0.2, 0) is 10.0 Å². The van der Waals surface area contributed by atoms with Crippen molar-refractivity contribution in [2.45, 2.75) is 18.1 Å². The molecule has 0 aromatic heterocycles. The Morgan fingerprint density at radius 3 is 2.83 bits per heavy atom. The number of para-hydroxylation sites is 1. The van der Waals surface area contributed by atoms with Gasteiger partial charge in [-0.1, -0.05) is 17.7 Å². The van der Waals surface area contributed by atoms with Crippen LogP contribution in [0.15, 0.2) is 18.2 Å². The lowest BCUT2D eigenvalue weighted by Crippen LogP contribution is -2.41. The third kappa shape index (κ3) is 2.93. The van der Waals surface area contributed by atoms with Crippen molar-refractivity contribution in [3.63, 3.8) is 0 Å². The van der Waals surface area contributed by atoms with Gasteiger partial charge in [0.25, 0.3) is 0 Å². The van der Waals surface area contributed by atoms with Crippen molar-refractivity contribution >= 4 is 27.3 Å². The van der Waals surface area contributed by atoms with Crippen LogP contribution in [0.5, 0.6) is 0 Å². The van der Waals surface area contributed by atoms with Crippen molar-refractivity contribution < 1.29 is 12.8 Å². The van der Waals surface area contributed by atoms with Gasteiger partial charge in [-0.15, -0.1) is 0 Å². The van der Waals surface area contributed by atoms with Gasteiger partial charge in [-0.05, 0) is 31.5 Å². The molecule has 100 valence electrons. The highest BCUT2D eigenvalue weighted by Crippen LogP contribution is 2.27. The number of hydrogen-bond acceptors (Lipinski definition) is 3. The van der Waals surface area contributed by atoms with Gasteiger partial charge in [0.05, 0.1) is 10.3 Å². The van der Waals surface area contributed by atoms with E-state index in [-0.39, 0.29) is 10.7 Å². The molecule has 4 nitrogen and oxygen atoms in total. The maximum absolute atomic E-state index is 13.5. The van der Waals surface area contributed by atoms with Crippen LogP contribution in [0, 0.1) is 5.82 Å². The summed E-state index contributed by atoms with van der Waals surface area (Å²) in [5.41, 5.74) is -0.176. The van der Waals surface area contributed by atoms with Gasteiger partial charge < -0.3 is 5.32 Å². The first-order valence-electron chi connectivity index (χ1n) is 5.67. The first-order valence-corrected chi connectivity index (χ1v) is 7.59. The SMILES string of the molecule is O=S(=O)(Nc1c(F)cccc1Cl)C1CCCNC1. The van der Waals surface area contributed by atoms with Crippen molar-refractivity contribution in [3.8, 4) is 0 Å². The number of hydrogen-bond donors (Lipinski definition) is 2. The summed E-state index contributed by atoms with van der Waals surface area (Å²) in [5.74, 6) is -0.671. The number of halogens is 2. The summed E-state index contributed by atoms with van der Waals surface area (Å²) in [6.07, 6.45) is 1.35.